The van der Waals surface area contributed by atoms with Crippen LogP contribution in [0.15, 0.2) is 219 Å². The summed E-state index contributed by atoms with van der Waals surface area (Å²) in [5.41, 5.74) is 16.9. The van der Waals surface area contributed by atoms with Crippen molar-refractivity contribution in [1.82, 2.24) is 23.1 Å². The summed E-state index contributed by atoms with van der Waals surface area (Å²) in [4.78, 5) is 5.16. The summed E-state index contributed by atoms with van der Waals surface area (Å²) in [5.74, 6) is 1.49. The van der Waals surface area contributed by atoms with Gasteiger partial charge in [-0.05, 0) is 35.0 Å². The summed E-state index contributed by atoms with van der Waals surface area (Å²) < 4.78 is 43.9. The number of ether oxygens (including phenoxy) is 1. The molecule has 0 radical (unpaired) electrons. The fourth-order valence-corrected chi connectivity index (χ4v) is 13.1. The zero-order chi connectivity index (χ0) is 55.8. The summed E-state index contributed by atoms with van der Waals surface area (Å²) in [6.07, 6.45) is 1.72. The van der Waals surface area contributed by atoms with E-state index in [2.05, 4.69) is 258 Å². The van der Waals surface area contributed by atoms with Crippen molar-refractivity contribution < 1.29 is 28.2 Å². The minimum absolute atomic E-state index is 0.0632. The molecule has 79 heavy (non-hydrogen) atoms. The Morgan fingerprint density at radius 2 is 1.11 bits per heavy atom. The van der Waals surface area contributed by atoms with Gasteiger partial charge in [-0.3, -0.25) is 0 Å². The number of para-hydroxylation sites is 5. The number of fused-ring (bicyclic) bond motifs is 10. The Bertz CT molecular complexity index is 5060. The number of nitrogens with zero attached hydrogens (tertiary/aromatic N) is 5. The van der Waals surface area contributed by atoms with E-state index in [1.807, 2.05) is 25.1 Å². The average molecular weight is 1200 g/mol. The van der Waals surface area contributed by atoms with Crippen LogP contribution in [0.3, 0.4) is 0 Å². The number of rotatable bonds is 8. The fraction of sp³-hybridized carbons (Fsp3) is 0.0833. The molecule has 5 heterocycles. The summed E-state index contributed by atoms with van der Waals surface area (Å²) in [7, 11) is 0. The zero-order valence-electron chi connectivity index (χ0n) is 46.7. The monoisotopic (exact) mass is 1200 g/mol. The molecule has 0 aliphatic heterocycles. The molecule has 7 heteroatoms. The minimum atomic E-state index is -2.46. The van der Waals surface area contributed by atoms with Crippen LogP contribution in [-0.4, -0.2) is 23.1 Å². The molecule has 0 fully saturated rings. The summed E-state index contributed by atoms with van der Waals surface area (Å²) in [5, 5.41) is 6.59. The number of hydrogen-bond acceptors (Lipinski definition) is 2. The Labute approximate surface area is 472 Å². The molecule has 0 atom stereocenters. The van der Waals surface area contributed by atoms with Gasteiger partial charge in [-0.2, -0.15) is 0 Å². The van der Waals surface area contributed by atoms with Gasteiger partial charge in [0.1, 0.15) is 0 Å². The Morgan fingerprint density at radius 3 is 1.82 bits per heavy atom. The normalized spacial score (nSPS) is 12.9. The van der Waals surface area contributed by atoms with Crippen molar-refractivity contribution in [2.24, 2.45) is 0 Å². The molecule has 0 saturated heterocycles. The van der Waals surface area contributed by atoms with Crippen molar-refractivity contribution in [1.29, 1.82) is 0 Å². The van der Waals surface area contributed by atoms with Gasteiger partial charge in [0.2, 0.25) is 0 Å². The van der Waals surface area contributed by atoms with Crippen LogP contribution in [0, 0.1) is 29.7 Å². The van der Waals surface area contributed by atoms with E-state index in [4.69, 9.17) is 13.8 Å². The SMILES string of the molecule is [2H]C([2H])([2H])c1cc(-n2c3[c-]c(Oc4[c-]c(-n5[c](=[Pt])n(-c6c(-c7ccccc7)cccc6-c6ccccc6)c6ccccc65)ccc4C)ccc3c3cc4c5cccc6c7ccccc7n(c4cc32)c65)ncc1-c1ccc(C(C)(C)C)cc1. The van der Waals surface area contributed by atoms with E-state index in [9.17, 15) is 0 Å². The van der Waals surface area contributed by atoms with E-state index < -0.39 is 6.85 Å². The van der Waals surface area contributed by atoms with E-state index in [0.29, 0.717) is 28.4 Å². The minimum Gasteiger partial charge on any atom is -0.0579 e. The maximum atomic E-state index is 8.96. The molecule has 6 nitrogen and oxygen atoms in total. The van der Waals surface area contributed by atoms with Crippen LogP contribution in [-0.2, 0) is 24.8 Å². The average Bonchev–Trinajstić information content (AvgIpc) is 1.88. The van der Waals surface area contributed by atoms with Gasteiger partial charge in [0.15, 0.2) is 0 Å². The maximum absolute atomic E-state index is 8.96. The van der Waals surface area contributed by atoms with E-state index in [-0.39, 0.29) is 11.0 Å². The number of aromatic nitrogens is 5. The van der Waals surface area contributed by atoms with E-state index in [0.717, 1.165) is 97.9 Å². The summed E-state index contributed by atoms with van der Waals surface area (Å²) >= 11 is 2.47. The zero-order valence-corrected chi connectivity index (χ0v) is 46.0. The van der Waals surface area contributed by atoms with Crippen molar-refractivity contribution >= 4 is 70.9 Å². The van der Waals surface area contributed by atoms with Crippen molar-refractivity contribution in [3.63, 3.8) is 0 Å². The second-order valence-corrected chi connectivity index (χ2v) is 22.6. The first-order valence-electron chi connectivity index (χ1n) is 28.1. The molecule has 0 bridgehead atoms. The summed E-state index contributed by atoms with van der Waals surface area (Å²) in [6, 6.07) is 81.5. The molecule has 15 rings (SSSR count). The fourth-order valence-electron chi connectivity index (χ4n) is 12.0. The van der Waals surface area contributed by atoms with Gasteiger partial charge < -0.3 is 4.40 Å². The van der Waals surface area contributed by atoms with Gasteiger partial charge in [-0.25, -0.2) is 0 Å². The first-order chi connectivity index (χ1) is 39.8. The number of hydrogen-bond donors (Lipinski definition) is 0. The third-order valence-corrected chi connectivity index (χ3v) is 16.9. The van der Waals surface area contributed by atoms with Gasteiger partial charge in [0, 0.05) is 37.4 Å². The van der Waals surface area contributed by atoms with Crippen molar-refractivity contribution in [3.05, 3.63) is 251 Å². The molecule has 5 aromatic heterocycles. The molecule has 0 saturated carbocycles. The Kier molecular flexibility index (Phi) is 10.0. The molecule has 0 unspecified atom stereocenters. The molecular formula is C72H51N5OPt-2. The first-order valence-corrected chi connectivity index (χ1v) is 27.7. The first kappa shape index (κ1) is 43.9. The van der Waals surface area contributed by atoms with Crippen LogP contribution >= 0.6 is 0 Å². The standard InChI is InChI=1S/C72H51N5O.Pt/c1-45-30-35-51(74-44-75(64-29-15-14-28-63(64)74)70-53(47-18-8-6-9-19-47)23-16-24-54(70)48-20-10-7-11-21-48)39-68(45)78-52-36-37-56-59-41-60-58-26-17-25-57-55-22-12-13-27-62(55)77(71(57)58)67(60)42-66(59)76(65(56)40-52)69-38-46(2)61(43-73-69)49-31-33-50(34-32-49)72(3,4)5;/h6-38,41-43H,1-5H3;/q-2;/i2D3;. The number of benzene rings is 10. The second-order valence-electron chi connectivity index (χ2n) is 21.6. The third-order valence-electron chi connectivity index (χ3n) is 15.9. The molecule has 0 aliphatic rings. The number of imidazole rings is 1. The van der Waals surface area contributed by atoms with Gasteiger partial charge in [-0.15, -0.1) is 0 Å². The molecule has 15 aromatic rings. The van der Waals surface area contributed by atoms with Crippen molar-refractivity contribution in [3.8, 4) is 62.1 Å². The molecule has 0 N–H and O–H groups in total. The van der Waals surface area contributed by atoms with Gasteiger partial charge in [0.25, 0.3) is 0 Å². The van der Waals surface area contributed by atoms with Crippen LogP contribution in [0.1, 0.15) is 41.6 Å². The van der Waals surface area contributed by atoms with Crippen LogP contribution in [0.5, 0.6) is 11.5 Å². The molecular weight excluding hydrogens is 1150 g/mol. The predicted molar refractivity (Wildman–Crippen MR) is 321 cm³/mol. The van der Waals surface area contributed by atoms with Crippen LogP contribution in [0.25, 0.3) is 122 Å². The van der Waals surface area contributed by atoms with E-state index >= 15 is 0 Å². The summed E-state index contributed by atoms with van der Waals surface area (Å²) in [6.45, 7) is 6.10. The molecule has 0 spiro atoms. The number of pyridine rings is 1. The van der Waals surface area contributed by atoms with Crippen molar-refractivity contribution in [2.45, 2.75) is 40.0 Å². The molecule has 10 aromatic carbocycles. The van der Waals surface area contributed by atoms with E-state index in [1.165, 1.54) is 21.7 Å². The van der Waals surface area contributed by atoms with Gasteiger partial charge in [-0.1, -0.05) is 81.4 Å². The van der Waals surface area contributed by atoms with E-state index in [1.54, 1.807) is 12.3 Å². The predicted octanol–water partition coefficient (Wildman–Crippen LogP) is 18.5. The van der Waals surface area contributed by atoms with Crippen LogP contribution < -0.4 is 4.74 Å². The third kappa shape index (κ3) is 7.42. The Balaban J connectivity index is 0.913. The van der Waals surface area contributed by atoms with Gasteiger partial charge >= 0.3 is 301 Å². The second kappa shape index (κ2) is 18.0. The molecule has 0 amide bonds. The Hall–Kier alpha value is -9.09. The smallest absolute Gasteiger partial charge is 0.0579 e. The van der Waals surface area contributed by atoms with Crippen LogP contribution in [0.2, 0.25) is 0 Å². The quantitative estimate of drug-likeness (QED) is 0.142. The number of aryl methyl sites for hydroxylation is 2. The van der Waals surface area contributed by atoms with Crippen molar-refractivity contribution in [2.75, 3.05) is 0 Å². The molecule has 0 aliphatic carbocycles. The topological polar surface area (TPSA) is 41.3 Å². The Morgan fingerprint density at radius 1 is 0.494 bits per heavy atom. The molecule has 382 valence electrons. The van der Waals surface area contributed by atoms with Crippen LogP contribution in [0.4, 0.5) is 0 Å². The van der Waals surface area contributed by atoms with Gasteiger partial charge in [0.05, 0.1) is 16.6 Å².